The van der Waals surface area contributed by atoms with Gasteiger partial charge in [-0.25, -0.2) is 0 Å². The summed E-state index contributed by atoms with van der Waals surface area (Å²) in [6, 6.07) is 14.3. The number of carbonyl (C=O) groups excluding carboxylic acids is 2. The summed E-state index contributed by atoms with van der Waals surface area (Å²) >= 11 is 2.12. The molecule has 1 atom stereocenters. The van der Waals surface area contributed by atoms with Crippen LogP contribution in [0.5, 0.6) is 0 Å². The number of nitrogens with one attached hydrogen (secondary N) is 2. The molecule has 5 nitrogen and oxygen atoms in total. The standard InChI is InChI=1S/C19H19IN2O3/c20-16-9-3-1-7-14(16)19(24)22-17-10-4-2-8-15(17)18(23)21-12-13-6-5-11-25-13/h1-4,7-10,13H,5-6,11-12H2,(H,21,23)(H,22,24)/t13-/m1/s1. The smallest absolute Gasteiger partial charge is 0.256 e. The van der Waals surface area contributed by atoms with Crippen LogP contribution >= 0.6 is 22.6 Å². The van der Waals surface area contributed by atoms with Gasteiger partial charge < -0.3 is 15.4 Å². The van der Waals surface area contributed by atoms with Crippen molar-refractivity contribution in [1.82, 2.24) is 5.32 Å². The zero-order chi connectivity index (χ0) is 17.6. The molecule has 1 aliphatic heterocycles. The lowest BCUT2D eigenvalue weighted by atomic mass is 10.1. The van der Waals surface area contributed by atoms with Crippen molar-refractivity contribution in [2.75, 3.05) is 18.5 Å². The lowest BCUT2D eigenvalue weighted by molar-refractivity contribution is 0.0858. The highest BCUT2D eigenvalue weighted by atomic mass is 127. The Morgan fingerprint density at radius 1 is 1.04 bits per heavy atom. The molecule has 1 heterocycles. The monoisotopic (exact) mass is 450 g/mol. The number of halogens is 1. The van der Waals surface area contributed by atoms with Crippen LogP contribution in [-0.4, -0.2) is 31.1 Å². The zero-order valence-corrected chi connectivity index (χ0v) is 15.8. The van der Waals surface area contributed by atoms with E-state index in [0.29, 0.717) is 23.4 Å². The topological polar surface area (TPSA) is 67.4 Å². The molecule has 0 bridgehead atoms. The van der Waals surface area contributed by atoms with E-state index in [2.05, 4.69) is 33.2 Å². The number of carbonyl (C=O) groups is 2. The predicted molar refractivity (Wildman–Crippen MR) is 105 cm³/mol. The van der Waals surface area contributed by atoms with Gasteiger partial charge in [0.1, 0.15) is 0 Å². The molecule has 1 aliphatic rings. The van der Waals surface area contributed by atoms with E-state index >= 15 is 0 Å². The van der Waals surface area contributed by atoms with Gasteiger partial charge >= 0.3 is 0 Å². The second-order valence-corrected chi connectivity index (χ2v) is 6.99. The second-order valence-electron chi connectivity index (χ2n) is 5.82. The van der Waals surface area contributed by atoms with Crippen LogP contribution in [0.3, 0.4) is 0 Å². The van der Waals surface area contributed by atoms with Crippen LogP contribution in [0.4, 0.5) is 5.69 Å². The van der Waals surface area contributed by atoms with Gasteiger partial charge in [-0.3, -0.25) is 9.59 Å². The van der Waals surface area contributed by atoms with Crippen molar-refractivity contribution in [1.29, 1.82) is 0 Å². The van der Waals surface area contributed by atoms with Crippen molar-refractivity contribution in [3.8, 4) is 0 Å². The highest BCUT2D eigenvalue weighted by Gasteiger charge is 2.19. The third-order valence-corrected chi connectivity index (χ3v) is 4.99. The molecule has 6 heteroatoms. The van der Waals surface area contributed by atoms with Gasteiger partial charge in [0.05, 0.1) is 22.9 Å². The van der Waals surface area contributed by atoms with Crippen molar-refractivity contribution in [2.24, 2.45) is 0 Å². The second kappa shape index (κ2) is 8.44. The number of anilines is 1. The average molecular weight is 450 g/mol. The number of hydrogen-bond acceptors (Lipinski definition) is 3. The van der Waals surface area contributed by atoms with Crippen LogP contribution in [0, 0.1) is 3.57 Å². The Labute approximate surface area is 160 Å². The maximum atomic E-state index is 12.5. The molecule has 25 heavy (non-hydrogen) atoms. The molecule has 1 fully saturated rings. The molecule has 2 N–H and O–H groups in total. The molecule has 0 spiro atoms. The summed E-state index contributed by atoms with van der Waals surface area (Å²) in [4.78, 5) is 25.0. The van der Waals surface area contributed by atoms with Crippen LogP contribution < -0.4 is 10.6 Å². The Balaban J connectivity index is 1.71. The zero-order valence-electron chi connectivity index (χ0n) is 13.6. The normalized spacial score (nSPS) is 16.4. The van der Waals surface area contributed by atoms with Gasteiger partial charge in [0.15, 0.2) is 0 Å². The average Bonchev–Trinajstić information content (AvgIpc) is 3.14. The van der Waals surface area contributed by atoms with E-state index in [1.165, 1.54) is 0 Å². The first-order chi connectivity index (χ1) is 12.1. The van der Waals surface area contributed by atoms with Gasteiger partial charge in [-0.15, -0.1) is 0 Å². The Hall–Kier alpha value is -1.93. The third kappa shape index (κ3) is 4.58. The fraction of sp³-hybridized carbons (Fsp3) is 0.263. The Morgan fingerprint density at radius 2 is 1.76 bits per heavy atom. The number of benzene rings is 2. The summed E-state index contributed by atoms with van der Waals surface area (Å²) in [5.41, 5.74) is 1.52. The van der Waals surface area contributed by atoms with Crippen LogP contribution in [0.2, 0.25) is 0 Å². The van der Waals surface area contributed by atoms with E-state index in [0.717, 1.165) is 23.0 Å². The molecule has 0 saturated carbocycles. The maximum absolute atomic E-state index is 12.5. The summed E-state index contributed by atoms with van der Waals surface area (Å²) in [5, 5.41) is 5.73. The third-order valence-electron chi connectivity index (χ3n) is 4.05. The molecule has 2 amide bonds. The fourth-order valence-electron chi connectivity index (χ4n) is 2.73. The summed E-state index contributed by atoms with van der Waals surface area (Å²) < 4.78 is 6.38. The quantitative estimate of drug-likeness (QED) is 0.686. The minimum absolute atomic E-state index is 0.0802. The predicted octanol–water partition coefficient (Wildman–Crippen LogP) is 3.45. The number of hydrogen-bond donors (Lipinski definition) is 2. The minimum Gasteiger partial charge on any atom is -0.376 e. The number of ether oxygens (including phenoxy) is 1. The van der Waals surface area contributed by atoms with E-state index < -0.39 is 0 Å². The van der Waals surface area contributed by atoms with Crippen molar-refractivity contribution in [3.63, 3.8) is 0 Å². The Bertz CT molecular complexity index is 773. The molecule has 0 aromatic heterocycles. The first kappa shape index (κ1) is 17.9. The minimum atomic E-state index is -0.232. The van der Waals surface area contributed by atoms with E-state index in [9.17, 15) is 9.59 Å². The molecule has 130 valence electrons. The van der Waals surface area contributed by atoms with Gasteiger partial charge in [0.25, 0.3) is 11.8 Å². The molecular formula is C19H19IN2O3. The maximum Gasteiger partial charge on any atom is 0.256 e. The Kier molecular flexibility index (Phi) is 6.04. The van der Waals surface area contributed by atoms with Gasteiger partial charge in [-0.2, -0.15) is 0 Å². The van der Waals surface area contributed by atoms with E-state index in [-0.39, 0.29) is 17.9 Å². The number of rotatable bonds is 5. The molecule has 0 radical (unpaired) electrons. The van der Waals surface area contributed by atoms with Crippen molar-refractivity contribution in [3.05, 3.63) is 63.2 Å². The SMILES string of the molecule is O=C(Nc1ccccc1C(=O)NC[C@H]1CCCO1)c1ccccc1I. The molecule has 1 saturated heterocycles. The van der Waals surface area contributed by atoms with Crippen LogP contribution in [0.15, 0.2) is 48.5 Å². The molecule has 2 aromatic rings. The first-order valence-corrected chi connectivity index (χ1v) is 9.28. The summed E-state index contributed by atoms with van der Waals surface area (Å²) in [6.45, 7) is 1.24. The fourth-order valence-corrected chi connectivity index (χ4v) is 3.36. The highest BCUT2D eigenvalue weighted by Crippen LogP contribution is 2.19. The van der Waals surface area contributed by atoms with Crippen molar-refractivity contribution in [2.45, 2.75) is 18.9 Å². The summed E-state index contributed by atoms with van der Waals surface area (Å²) in [7, 11) is 0. The van der Waals surface area contributed by atoms with Gasteiger partial charge in [-0.05, 0) is 59.7 Å². The van der Waals surface area contributed by atoms with Gasteiger partial charge in [0, 0.05) is 16.7 Å². The van der Waals surface area contributed by atoms with Crippen LogP contribution in [-0.2, 0) is 4.74 Å². The molecular weight excluding hydrogens is 431 g/mol. The number of amides is 2. The van der Waals surface area contributed by atoms with Crippen LogP contribution in [0.25, 0.3) is 0 Å². The lowest BCUT2D eigenvalue weighted by Gasteiger charge is -2.14. The largest absolute Gasteiger partial charge is 0.376 e. The first-order valence-electron chi connectivity index (χ1n) is 8.20. The lowest BCUT2D eigenvalue weighted by Crippen LogP contribution is -2.32. The van der Waals surface area contributed by atoms with E-state index in [1.54, 1.807) is 30.3 Å². The molecule has 2 aromatic carbocycles. The van der Waals surface area contributed by atoms with E-state index in [4.69, 9.17) is 4.74 Å². The van der Waals surface area contributed by atoms with Crippen molar-refractivity contribution < 1.29 is 14.3 Å². The molecule has 3 rings (SSSR count). The Morgan fingerprint density at radius 3 is 2.48 bits per heavy atom. The summed E-state index contributed by atoms with van der Waals surface area (Å²) in [5.74, 6) is -0.446. The van der Waals surface area contributed by atoms with Gasteiger partial charge in [-0.1, -0.05) is 24.3 Å². The van der Waals surface area contributed by atoms with Crippen molar-refractivity contribution >= 4 is 40.1 Å². The number of para-hydroxylation sites is 1. The summed E-state index contributed by atoms with van der Waals surface area (Å²) in [6.07, 6.45) is 2.07. The van der Waals surface area contributed by atoms with Gasteiger partial charge in [0.2, 0.25) is 0 Å². The van der Waals surface area contributed by atoms with E-state index in [1.807, 2.05) is 18.2 Å². The molecule has 0 aliphatic carbocycles. The molecule has 0 unspecified atom stereocenters. The van der Waals surface area contributed by atoms with Crippen LogP contribution in [0.1, 0.15) is 33.6 Å². The highest BCUT2D eigenvalue weighted by molar-refractivity contribution is 14.1.